The molecule has 106 valence electrons. The number of hydrogen-bond donors (Lipinski definition) is 1. The summed E-state index contributed by atoms with van der Waals surface area (Å²) in [5.74, 6) is 0. The Morgan fingerprint density at radius 2 is 2.00 bits per heavy atom. The first kappa shape index (κ1) is 14.8. The van der Waals surface area contributed by atoms with Gasteiger partial charge in [-0.25, -0.2) is 0 Å². The lowest BCUT2D eigenvalue weighted by Crippen LogP contribution is -2.26. The molecule has 20 heavy (non-hydrogen) atoms. The lowest BCUT2D eigenvalue weighted by Gasteiger charge is -2.15. The number of hydrogen-bond acceptors (Lipinski definition) is 2. The maximum absolute atomic E-state index is 12.0. The number of nitrogens with zero attached hydrogens (tertiary/aromatic N) is 1. The average Bonchev–Trinajstić information content (AvgIpc) is 2.39. The monoisotopic (exact) mass is 290 g/mol. The summed E-state index contributed by atoms with van der Waals surface area (Å²) in [6, 6.07) is 9.61. The van der Waals surface area contributed by atoms with Crippen molar-refractivity contribution in [2.75, 3.05) is 0 Å². The van der Waals surface area contributed by atoms with E-state index in [-0.39, 0.29) is 5.43 Å². The fourth-order valence-electron chi connectivity index (χ4n) is 2.03. The summed E-state index contributed by atoms with van der Waals surface area (Å²) in [5.41, 5.74) is 2.55. The zero-order valence-corrected chi connectivity index (χ0v) is 12.7. The first-order valence-corrected chi connectivity index (χ1v) is 7.07. The van der Waals surface area contributed by atoms with Gasteiger partial charge in [0.25, 0.3) is 0 Å². The van der Waals surface area contributed by atoms with Crippen molar-refractivity contribution in [1.82, 2.24) is 9.88 Å². The normalized spacial score (nSPS) is 11.1. The van der Waals surface area contributed by atoms with Gasteiger partial charge in [-0.05, 0) is 19.1 Å². The second kappa shape index (κ2) is 6.25. The van der Waals surface area contributed by atoms with Crippen LogP contribution in [0.2, 0.25) is 5.02 Å². The number of aryl methyl sites for hydroxylation is 1. The first-order chi connectivity index (χ1) is 9.49. The molecular formula is C16H19ClN2O. The highest BCUT2D eigenvalue weighted by atomic mass is 35.5. The SMILES string of the molecule is Cc1cc(=O)c(CNC(C)C)cn1-c1ccccc1Cl. The molecule has 0 bridgehead atoms. The third kappa shape index (κ3) is 3.30. The summed E-state index contributed by atoms with van der Waals surface area (Å²) < 4.78 is 1.96. The van der Waals surface area contributed by atoms with E-state index >= 15 is 0 Å². The third-order valence-electron chi connectivity index (χ3n) is 3.13. The highest BCUT2D eigenvalue weighted by Gasteiger charge is 2.08. The highest BCUT2D eigenvalue weighted by Crippen LogP contribution is 2.20. The smallest absolute Gasteiger partial charge is 0.186 e. The molecule has 0 aliphatic carbocycles. The summed E-state index contributed by atoms with van der Waals surface area (Å²) in [6.07, 6.45) is 1.87. The van der Waals surface area contributed by atoms with Crippen LogP contribution in [0, 0.1) is 6.92 Å². The number of benzene rings is 1. The van der Waals surface area contributed by atoms with E-state index in [9.17, 15) is 4.79 Å². The topological polar surface area (TPSA) is 34.0 Å². The van der Waals surface area contributed by atoms with Crippen molar-refractivity contribution in [3.8, 4) is 5.69 Å². The molecule has 0 unspecified atom stereocenters. The summed E-state index contributed by atoms with van der Waals surface area (Å²) in [5, 5.41) is 3.94. The van der Waals surface area contributed by atoms with Crippen LogP contribution in [0.15, 0.2) is 41.3 Å². The molecule has 0 aliphatic heterocycles. The minimum absolute atomic E-state index is 0.0546. The van der Waals surface area contributed by atoms with Crippen LogP contribution in [-0.4, -0.2) is 10.6 Å². The van der Waals surface area contributed by atoms with Gasteiger partial charge in [0.2, 0.25) is 0 Å². The molecule has 1 heterocycles. The maximum atomic E-state index is 12.0. The van der Waals surface area contributed by atoms with Crippen molar-refractivity contribution < 1.29 is 0 Å². The molecule has 0 aliphatic rings. The molecule has 4 heteroatoms. The summed E-state index contributed by atoms with van der Waals surface area (Å²) in [4.78, 5) is 12.0. The van der Waals surface area contributed by atoms with E-state index in [4.69, 9.17) is 11.6 Å². The van der Waals surface area contributed by atoms with Crippen molar-refractivity contribution >= 4 is 11.6 Å². The van der Waals surface area contributed by atoms with Gasteiger partial charge in [0, 0.05) is 36.1 Å². The van der Waals surface area contributed by atoms with Gasteiger partial charge in [-0.3, -0.25) is 4.79 Å². The van der Waals surface area contributed by atoms with E-state index < -0.39 is 0 Å². The van der Waals surface area contributed by atoms with E-state index in [2.05, 4.69) is 19.2 Å². The van der Waals surface area contributed by atoms with Gasteiger partial charge in [0.15, 0.2) is 5.43 Å². The summed E-state index contributed by atoms with van der Waals surface area (Å²) in [7, 11) is 0. The first-order valence-electron chi connectivity index (χ1n) is 6.69. The Bertz CT molecular complexity index is 662. The Morgan fingerprint density at radius 3 is 2.65 bits per heavy atom. The predicted molar refractivity (Wildman–Crippen MR) is 83.8 cm³/mol. The lowest BCUT2D eigenvalue weighted by atomic mass is 10.2. The van der Waals surface area contributed by atoms with Gasteiger partial charge < -0.3 is 9.88 Å². The molecule has 1 aromatic carbocycles. The minimum Gasteiger partial charge on any atom is -0.319 e. The van der Waals surface area contributed by atoms with Crippen LogP contribution in [0.3, 0.4) is 0 Å². The summed E-state index contributed by atoms with van der Waals surface area (Å²) in [6.45, 7) is 6.58. The number of pyridine rings is 1. The minimum atomic E-state index is 0.0546. The molecule has 0 amide bonds. The van der Waals surface area contributed by atoms with Crippen molar-refractivity contribution in [2.45, 2.75) is 33.4 Å². The van der Waals surface area contributed by atoms with Crippen LogP contribution in [-0.2, 0) is 6.54 Å². The Labute approximate surface area is 124 Å². The second-order valence-corrected chi connectivity index (χ2v) is 5.57. The molecule has 0 radical (unpaired) electrons. The molecule has 3 nitrogen and oxygen atoms in total. The van der Waals surface area contributed by atoms with Gasteiger partial charge in [-0.2, -0.15) is 0 Å². The van der Waals surface area contributed by atoms with Crippen molar-refractivity contribution in [2.24, 2.45) is 0 Å². The van der Waals surface area contributed by atoms with Crippen LogP contribution in [0.1, 0.15) is 25.1 Å². The van der Waals surface area contributed by atoms with E-state index in [1.54, 1.807) is 6.07 Å². The van der Waals surface area contributed by atoms with E-state index in [0.717, 1.165) is 16.9 Å². The Balaban J connectivity index is 2.46. The molecular weight excluding hydrogens is 272 g/mol. The highest BCUT2D eigenvalue weighted by molar-refractivity contribution is 6.32. The number of rotatable bonds is 4. The van der Waals surface area contributed by atoms with E-state index in [0.29, 0.717) is 17.6 Å². The van der Waals surface area contributed by atoms with Gasteiger partial charge in [0.05, 0.1) is 10.7 Å². The van der Waals surface area contributed by atoms with Gasteiger partial charge in [-0.15, -0.1) is 0 Å². The molecule has 0 atom stereocenters. The van der Waals surface area contributed by atoms with E-state index in [1.165, 1.54) is 0 Å². The van der Waals surface area contributed by atoms with Gasteiger partial charge >= 0.3 is 0 Å². The van der Waals surface area contributed by atoms with Crippen molar-refractivity contribution in [1.29, 1.82) is 0 Å². The molecule has 0 fully saturated rings. The standard InChI is InChI=1S/C16H19ClN2O/c1-11(2)18-9-13-10-19(12(3)8-16(13)20)15-7-5-4-6-14(15)17/h4-8,10-11,18H,9H2,1-3H3. The fraction of sp³-hybridized carbons (Fsp3) is 0.312. The van der Waals surface area contributed by atoms with Crippen molar-refractivity contribution in [3.05, 3.63) is 63.0 Å². The van der Waals surface area contributed by atoms with Crippen LogP contribution in [0.4, 0.5) is 0 Å². The molecule has 1 N–H and O–H groups in total. The average molecular weight is 291 g/mol. The number of para-hydroxylation sites is 1. The quantitative estimate of drug-likeness (QED) is 0.937. The van der Waals surface area contributed by atoms with Crippen LogP contribution in [0.5, 0.6) is 0 Å². The zero-order valence-electron chi connectivity index (χ0n) is 12.0. The van der Waals surface area contributed by atoms with Crippen LogP contribution < -0.4 is 10.7 Å². The third-order valence-corrected chi connectivity index (χ3v) is 3.45. The van der Waals surface area contributed by atoms with Gasteiger partial charge in [0.1, 0.15) is 0 Å². The number of halogens is 1. The number of nitrogens with one attached hydrogen (secondary N) is 1. The lowest BCUT2D eigenvalue weighted by molar-refractivity contribution is 0.585. The molecule has 0 saturated heterocycles. The van der Waals surface area contributed by atoms with Crippen molar-refractivity contribution in [3.63, 3.8) is 0 Å². The Morgan fingerprint density at radius 1 is 1.30 bits per heavy atom. The largest absolute Gasteiger partial charge is 0.319 e. The summed E-state index contributed by atoms with van der Waals surface area (Å²) >= 11 is 6.24. The zero-order chi connectivity index (χ0) is 14.7. The van der Waals surface area contributed by atoms with E-state index in [1.807, 2.05) is 42.0 Å². The molecule has 1 aromatic heterocycles. The Hall–Kier alpha value is -1.58. The Kier molecular flexibility index (Phi) is 4.63. The van der Waals surface area contributed by atoms with Crippen LogP contribution in [0.25, 0.3) is 5.69 Å². The number of aromatic nitrogens is 1. The predicted octanol–water partition coefficient (Wildman–Crippen LogP) is 3.30. The molecule has 2 aromatic rings. The molecule has 0 spiro atoms. The molecule has 2 rings (SSSR count). The second-order valence-electron chi connectivity index (χ2n) is 5.16. The maximum Gasteiger partial charge on any atom is 0.186 e. The van der Waals surface area contributed by atoms with Crippen LogP contribution >= 0.6 is 11.6 Å². The van der Waals surface area contributed by atoms with Gasteiger partial charge in [-0.1, -0.05) is 37.6 Å². The molecule has 0 saturated carbocycles. The fourth-order valence-corrected chi connectivity index (χ4v) is 2.25.